The van der Waals surface area contributed by atoms with Crippen LogP contribution in [0.25, 0.3) is 0 Å². The van der Waals surface area contributed by atoms with Gasteiger partial charge < -0.3 is 5.73 Å². The van der Waals surface area contributed by atoms with Gasteiger partial charge in [-0.15, -0.1) is 0 Å². The molecule has 4 nitrogen and oxygen atoms in total. The van der Waals surface area contributed by atoms with Gasteiger partial charge in [0.1, 0.15) is 0 Å². The van der Waals surface area contributed by atoms with E-state index >= 15 is 0 Å². The fraction of sp³-hybridized carbons (Fsp3) is 0.125. The summed E-state index contributed by atoms with van der Waals surface area (Å²) in [7, 11) is 0. The van der Waals surface area contributed by atoms with Crippen molar-refractivity contribution in [3.8, 4) is 0 Å². The molecule has 2 aromatic rings. The van der Waals surface area contributed by atoms with Gasteiger partial charge in [0.15, 0.2) is 11.5 Å². The van der Waals surface area contributed by atoms with Crippen LogP contribution in [0.1, 0.15) is 11.1 Å². The number of nitrogens with two attached hydrogens (primary N) is 1. The van der Waals surface area contributed by atoms with Crippen LogP contribution in [0.3, 0.4) is 0 Å². The Morgan fingerprint density at radius 3 is 2.33 bits per heavy atom. The molecule has 106 valence electrons. The number of hydrogen-bond donors (Lipinski definition) is 2. The lowest BCUT2D eigenvalue weighted by Crippen LogP contribution is -2.40. The van der Waals surface area contributed by atoms with Gasteiger partial charge in [-0.3, -0.25) is 10.1 Å². The predicted octanol–water partition coefficient (Wildman–Crippen LogP) is 2.22. The molecule has 0 spiro atoms. The van der Waals surface area contributed by atoms with E-state index in [0.717, 1.165) is 11.1 Å². The largest absolute Gasteiger partial charge is 0.370 e. The van der Waals surface area contributed by atoms with Crippen molar-refractivity contribution in [2.75, 3.05) is 0 Å². The molecule has 1 amide bonds. The molecule has 1 heterocycles. The van der Waals surface area contributed by atoms with E-state index < -0.39 is 5.54 Å². The van der Waals surface area contributed by atoms with Crippen molar-refractivity contribution in [1.82, 2.24) is 5.32 Å². The topological polar surface area (TPSA) is 67.5 Å². The molecule has 1 aliphatic heterocycles. The van der Waals surface area contributed by atoms with Crippen molar-refractivity contribution in [3.05, 3.63) is 70.7 Å². The van der Waals surface area contributed by atoms with Gasteiger partial charge in [-0.05, 0) is 23.3 Å². The molecule has 2 aromatic carbocycles. The molecule has 0 saturated heterocycles. The van der Waals surface area contributed by atoms with Gasteiger partial charge >= 0.3 is 0 Å². The third kappa shape index (κ3) is 2.50. The Bertz CT molecular complexity index is 697. The molecule has 1 atom stereocenters. The highest BCUT2D eigenvalue weighted by Crippen LogP contribution is 2.33. The summed E-state index contributed by atoms with van der Waals surface area (Å²) in [4.78, 5) is 16.8. The van der Waals surface area contributed by atoms with E-state index in [1.165, 1.54) is 0 Å². The molecule has 0 saturated carbocycles. The molecule has 3 rings (SSSR count). The lowest BCUT2D eigenvalue weighted by Gasteiger charge is -2.24. The van der Waals surface area contributed by atoms with Gasteiger partial charge in [0, 0.05) is 11.4 Å². The van der Waals surface area contributed by atoms with Crippen molar-refractivity contribution in [2.45, 2.75) is 12.0 Å². The summed E-state index contributed by atoms with van der Waals surface area (Å²) in [5.41, 5.74) is 6.47. The first kappa shape index (κ1) is 13.6. The van der Waals surface area contributed by atoms with Crippen LogP contribution in [0.4, 0.5) is 0 Å². The third-order valence-corrected chi connectivity index (χ3v) is 3.81. The number of nitrogens with one attached hydrogen (secondary N) is 1. The van der Waals surface area contributed by atoms with Crippen LogP contribution in [-0.4, -0.2) is 11.9 Å². The lowest BCUT2D eigenvalue weighted by molar-refractivity contribution is -0.124. The first-order valence-corrected chi connectivity index (χ1v) is 6.95. The van der Waals surface area contributed by atoms with E-state index in [9.17, 15) is 4.79 Å². The molecular formula is C16H14ClN3O. The molecule has 0 bridgehead atoms. The maximum Gasteiger partial charge on any atom is 0.259 e. The Morgan fingerprint density at radius 1 is 1.10 bits per heavy atom. The van der Waals surface area contributed by atoms with Crippen LogP contribution in [0, 0.1) is 0 Å². The van der Waals surface area contributed by atoms with E-state index in [4.69, 9.17) is 17.3 Å². The van der Waals surface area contributed by atoms with Gasteiger partial charge in [0.2, 0.25) is 0 Å². The first-order chi connectivity index (χ1) is 10.1. The highest BCUT2D eigenvalue weighted by atomic mass is 35.5. The Kier molecular flexibility index (Phi) is 3.39. The number of halogens is 1. The number of amides is 1. The number of hydrogen-bond acceptors (Lipinski definition) is 3. The van der Waals surface area contributed by atoms with Crippen molar-refractivity contribution in [3.63, 3.8) is 0 Å². The number of benzene rings is 2. The predicted molar refractivity (Wildman–Crippen MR) is 83.0 cm³/mol. The number of rotatable bonds is 3. The summed E-state index contributed by atoms with van der Waals surface area (Å²) in [6.07, 6.45) is 0.446. The van der Waals surface area contributed by atoms with Crippen molar-refractivity contribution in [1.29, 1.82) is 0 Å². The summed E-state index contributed by atoms with van der Waals surface area (Å²) >= 11 is 5.93. The minimum absolute atomic E-state index is 0.144. The Labute approximate surface area is 127 Å². The van der Waals surface area contributed by atoms with Gasteiger partial charge in [-0.25, -0.2) is 4.99 Å². The quantitative estimate of drug-likeness (QED) is 0.912. The maximum absolute atomic E-state index is 12.5. The molecule has 3 N–H and O–H groups in total. The SMILES string of the molecule is NC1=N[C@](Cc2ccccc2)(c2ccc(Cl)cc2)C(=O)N1. The molecule has 1 aliphatic rings. The number of aliphatic imine (C=N–C) groups is 1. The number of nitrogens with zero attached hydrogens (tertiary/aromatic N) is 1. The van der Waals surface area contributed by atoms with E-state index in [1.54, 1.807) is 12.1 Å². The minimum atomic E-state index is -1.03. The molecular weight excluding hydrogens is 286 g/mol. The molecule has 0 radical (unpaired) electrons. The average Bonchev–Trinajstić information content (AvgIpc) is 2.76. The number of carbonyl (C=O) groups excluding carboxylic acids is 1. The molecule has 0 unspecified atom stereocenters. The second-order valence-corrected chi connectivity index (χ2v) is 5.42. The van der Waals surface area contributed by atoms with E-state index in [2.05, 4.69) is 10.3 Å². The molecule has 5 heteroatoms. The second kappa shape index (κ2) is 5.22. The zero-order chi connectivity index (χ0) is 14.9. The minimum Gasteiger partial charge on any atom is -0.370 e. The number of carbonyl (C=O) groups is 1. The van der Waals surface area contributed by atoms with Crippen molar-refractivity contribution in [2.24, 2.45) is 10.7 Å². The lowest BCUT2D eigenvalue weighted by atomic mass is 9.84. The summed E-state index contributed by atoms with van der Waals surface area (Å²) in [6.45, 7) is 0. The normalized spacial score (nSPS) is 21.0. The van der Waals surface area contributed by atoms with E-state index in [0.29, 0.717) is 11.4 Å². The van der Waals surface area contributed by atoms with Crippen molar-refractivity contribution < 1.29 is 4.79 Å². The summed E-state index contributed by atoms with van der Waals surface area (Å²) in [5.74, 6) is -0.0722. The van der Waals surface area contributed by atoms with Gasteiger partial charge in [0.05, 0.1) is 0 Å². The summed E-state index contributed by atoms with van der Waals surface area (Å²) in [6, 6.07) is 16.9. The zero-order valence-electron chi connectivity index (χ0n) is 11.2. The zero-order valence-corrected chi connectivity index (χ0v) is 12.0. The number of guanidine groups is 1. The average molecular weight is 300 g/mol. The Balaban J connectivity index is 2.08. The molecule has 0 aliphatic carbocycles. The van der Waals surface area contributed by atoms with Crippen LogP contribution in [-0.2, 0) is 16.8 Å². The third-order valence-electron chi connectivity index (χ3n) is 3.55. The smallest absolute Gasteiger partial charge is 0.259 e. The molecule has 21 heavy (non-hydrogen) atoms. The maximum atomic E-state index is 12.5. The Morgan fingerprint density at radius 2 is 1.76 bits per heavy atom. The van der Waals surface area contributed by atoms with E-state index in [1.807, 2.05) is 42.5 Å². The standard InChI is InChI=1S/C16H14ClN3O/c17-13-8-6-12(7-9-13)16(14(21)19-15(18)20-16)10-11-4-2-1-3-5-11/h1-9H,10H2,(H3,18,19,20,21)/t16-/m1/s1. The highest BCUT2D eigenvalue weighted by molar-refractivity contribution is 6.30. The molecule has 0 aromatic heterocycles. The van der Waals surface area contributed by atoms with Crippen LogP contribution in [0.15, 0.2) is 59.6 Å². The van der Waals surface area contributed by atoms with Crippen LogP contribution in [0.2, 0.25) is 5.02 Å². The Hall–Kier alpha value is -2.33. The summed E-state index contributed by atoms with van der Waals surface area (Å²) < 4.78 is 0. The van der Waals surface area contributed by atoms with Crippen LogP contribution in [0.5, 0.6) is 0 Å². The fourth-order valence-corrected chi connectivity index (χ4v) is 2.66. The second-order valence-electron chi connectivity index (χ2n) is 4.98. The van der Waals surface area contributed by atoms with E-state index in [-0.39, 0.29) is 11.9 Å². The van der Waals surface area contributed by atoms with Crippen LogP contribution >= 0.6 is 11.6 Å². The molecule has 0 fully saturated rings. The van der Waals surface area contributed by atoms with Crippen molar-refractivity contribution >= 4 is 23.5 Å². The van der Waals surface area contributed by atoms with Crippen LogP contribution < -0.4 is 11.1 Å². The summed E-state index contributed by atoms with van der Waals surface area (Å²) in [5, 5.41) is 3.21. The highest BCUT2D eigenvalue weighted by Gasteiger charge is 2.44. The monoisotopic (exact) mass is 299 g/mol. The van der Waals surface area contributed by atoms with Gasteiger partial charge in [-0.2, -0.15) is 0 Å². The fourth-order valence-electron chi connectivity index (χ4n) is 2.54. The van der Waals surface area contributed by atoms with Gasteiger partial charge in [-0.1, -0.05) is 54.1 Å². The first-order valence-electron chi connectivity index (χ1n) is 6.57. The van der Waals surface area contributed by atoms with Gasteiger partial charge in [0.25, 0.3) is 5.91 Å².